The first-order valence-electron chi connectivity index (χ1n) is 12.3. The highest BCUT2D eigenvalue weighted by Gasteiger charge is 2.22. The summed E-state index contributed by atoms with van der Waals surface area (Å²) in [6.07, 6.45) is 3.32. The van der Waals surface area contributed by atoms with Gasteiger partial charge in [-0.3, -0.25) is 9.59 Å². The number of allylic oxidation sites excluding steroid dienone is 4. The van der Waals surface area contributed by atoms with E-state index in [1.165, 1.54) is 12.2 Å². The number of nitrogens with one attached hydrogen (secondary N) is 2. The first-order chi connectivity index (χ1) is 18.7. The average Bonchev–Trinajstić information content (AvgIpc) is 2.93. The fourth-order valence-electron chi connectivity index (χ4n) is 3.85. The normalized spacial score (nSPS) is 11.1. The number of anilines is 4. The summed E-state index contributed by atoms with van der Waals surface area (Å²) < 4.78 is 5.20. The summed E-state index contributed by atoms with van der Waals surface area (Å²) in [5.41, 5.74) is 6.61. The van der Waals surface area contributed by atoms with Gasteiger partial charge in [0.15, 0.2) is 12.1 Å². The largest absolute Gasteiger partial charge is 0.457 e. The van der Waals surface area contributed by atoms with Crippen LogP contribution in [0.25, 0.3) is 0 Å². The molecule has 0 aliphatic heterocycles. The van der Waals surface area contributed by atoms with Crippen LogP contribution in [0.3, 0.4) is 0 Å². The lowest BCUT2D eigenvalue weighted by atomic mass is 9.93. The van der Waals surface area contributed by atoms with E-state index in [2.05, 4.69) is 30.4 Å². The monoisotopic (exact) mass is 520 g/mol. The van der Waals surface area contributed by atoms with Crippen LogP contribution in [0, 0.1) is 13.8 Å². The summed E-state index contributed by atoms with van der Waals surface area (Å²) in [5, 5.41) is 6.69. The van der Waals surface area contributed by atoms with Gasteiger partial charge in [0.05, 0.1) is 11.3 Å². The standard InChI is InChI=1S/C33H32N2O4/c1-7-25(19-36)28(8-2)32(37)31-23(6)29(17-18-30(31)35-26-13-9-22(5)10-14-26)34-27-15-11-24(12-16-27)20-39-33(38)21(3)4/h7-19,34-35H,1-3,20H2,4-6H3/b28-25-. The van der Waals surface area contributed by atoms with E-state index in [1.54, 1.807) is 6.92 Å². The molecule has 0 fully saturated rings. The molecule has 0 aromatic heterocycles. The van der Waals surface area contributed by atoms with E-state index in [0.717, 1.165) is 22.5 Å². The summed E-state index contributed by atoms with van der Waals surface area (Å²) >= 11 is 0. The molecule has 0 bridgehead atoms. The zero-order valence-electron chi connectivity index (χ0n) is 22.5. The van der Waals surface area contributed by atoms with Gasteiger partial charge in [0, 0.05) is 33.8 Å². The number of hydrogen-bond acceptors (Lipinski definition) is 6. The Hall–Kier alpha value is -4.97. The van der Waals surface area contributed by atoms with Crippen LogP contribution in [0.5, 0.6) is 0 Å². The average molecular weight is 521 g/mol. The maximum absolute atomic E-state index is 13.8. The number of carbonyl (C=O) groups excluding carboxylic acids is 3. The molecule has 0 atom stereocenters. The van der Waals surface area contributed by atoms with E-state index in [0.29, 0.717) is 34.4 Å². The molecule has 3 aromatic carbocycles. The Morgan fingerprint density at radius 1 is 0.846 bits per heavy atom. The number of rotatable bonds is 12. The number of ketones is 1. The van der Waals surface area contributed by atoms with Crippen LogP contribution >= 0.6 is 0 Å². The Labute approximate surface area is 229 Å². The fourth-order valence-corrected chi connectivity index (χ4v) is 3.85. The van der Waals surface area contributed by atoms with Crippen molar-refractivity contribution in [1.29, 1.82) is 0 Å². The smallest absolute Gasteiger partial charge is 0.333 e. The lowest BCUT2D eigenvalue weighted by molar-refractivity contribution is -0.140. The molecular weight excluding hydrogens is 488 g/mol. The molecular formula is C33H32N2O4. The van der Waals surface area contributed by atoms with Crippen LogP contribution in [0.2, 0.25) is 0 Å². The van der Waals surface area contributed by atoms with Gasteiger partial charge in [-0.15, -0.1) is 0 Å². The molecule has 2 N–H and O–H groups in total. The Balaban J connectivity index is 1.99. The van der Waals surface area contributed by atoms with Crippen molar-refractivity contribution in [3.05, 3.63) is 132 Å². The molecule has 0 saturated heterocycles. The van der Waals surface area contributed by atoms with Crippen LogP contribution in [-0.4, -0.2) is 18.0 Å². The first-order valence-corrected chi connectivity index (χ1v) is 12.3. The lowest BCUT2D eigenvalue weighted by Gasteiger charge is -2.19. The first kappa shape index (κ1) is 28.6. The van der Waals surface area contributed by atoms with E-state index >= 15 is 0 Å². The van der Waals surface area contributed by atoms with Crippen molar-refractivity contribution in [2.75, 3.05) is 10.6 Å². The molecule has 6 nitrogen and oxygen atoms in total. The Morgan fingerprint density at radius 3 is 1.95 bits per heavy atom. The molecule has 3 rings (SSSR count). The second-order valence-corrected chi connectivity index (χ2v) is 9.05. The van der Waals surface area contributed by atoms with Crippen LogP contribution in [0.15, 0.2) is 109 Å². The SMILES string of the molecule is C=C/C(C=O)=C(\C=C)C(=O)c1c(Nc2ccc(C)cc2)ccc(Nc2ccc(COC(=O)C(=C)C)cc2)c1C. The number of hydrogen-bond donors (Lipinski definition) is 2. The highest BCUT2D eigenvalue weighted by atomic mass is 16.5. The Kier molecular flexibility index (Phi) is 9.54. The van der Waals surface area contributed by atoms with E-state index in [4.69, 9.17) is 4.74 Å². The van der Waals surface area contributed by atoms with Gasteiger partial charge in [-0.2, -0.15) is 0 Å². The van der Waals surface area contributed by atoms with Crippen molar-refractivity contribution in [2.45, 2.75) is 27.4 Å². The second kappa shape index (κ2) is 13.0. The summed E-state index contributed by atoms with van der Waals surface area (Å²) in [4.78, 5) is 37.1. The van der Waals surface area contributed by atoms with E-state index < -0.39 is 5.97 Å². The molecule has 0 aliphatic carbocycles. The lowest BCUT2D eigenvalue weighted by Crippen LogP contribution is -2.11. The minimum atomic E-state index is -0.438. The fraction of sp³-hybridized carbons (Fsp3) is 0.121. The highest BCUT2D eigenvalue weighted by Crippen LogP contribution is 2.33. The van der Waals surface area contributed by atoms with E-state index in [1.807, 2.05) is 74.5 Å². The summed E-state index contributed by atoms with van der Waals surface area (Å²) in [6.45, 7) is 16.6. The molecule has 0 spiro atoms. The van der Waals surface area contributed by atoms with Crippen molar-refractivity contribution >= 4 is 40.8 Å². The van der Waals surface area contributed by atoms with Crippen LogP contribution < -0.4 is 10.6 Å². The molecule has 198 valence electrons. The maximum atomic E-state index is 13.8. The maximum Gasteiger partial charge on any atom is 0.333 e. The Morgan fingerprint density at radius 2 is 1.41 bits per heavy atom. The van der Waals surface area contributed by atoms with Crippen LogP contribution in [0.4, 0.5) is 22.7 Å². The minimum Gasteiger partial charge on any atom is -0.457 e. The molecule has 6 heteroatoms. The molecule has 39 heavy (non-hydrogen) atoms. The van der Waals surface area contributed by atoms with Crippen molar-refractivity contribution in [3.8, 4) is 0 Å². The van der Waals surface area contributed by atoms with Gasteiger partial charge < -0.3 is 15.4 Å². The molecule has 0 amide bonds. The van der Waals surface area contributed by atoms with Gasteiger partial charge in [0.1, 0.15) is 6.61 Å². The number of esters is 1. The number of Topliss-reactive ketones (excluding diaryl/α,β-unsaturated/α-hetero) is 1. The quantitative estimate of drug-likeness (QED) is 0.0848. The number of aryl methyl sites for hydroxylation is 1. The molecule has 0 aliphatic rings. The Bertz CT molecular complexity index is 1450. The van der Waals surface area contributed by atoms with E-state index in [9.17, 15) is 14.4 Å². The van der Waals surface area contributed by atoms with Gasteiger partial charge in [-0.05, 0) is 68.3 Å². The molecule has 3 aromatic rings. The highest BCUT2D eigenvalue weighted by molar-refractivity contribution is 6.18. The minimum absolute atomic E-state index is 0.141. The number of carbonyl (C=O) groups is 3. The van der Waals surface area contributed by atoms with E-state index in [-0.39, 0.29) is 23.5 Å². The molecule has 0 unspecified atom stereocenters. The molecule has 0 heterocycles. The van der Waals surface area contributed by atoms with Crippen LogP contribution in [-0.2, 0) is 20.9 Å². The topological polar surface area (TPSA) is 84.5 Å². The summed E-state index contributed by atoms with van der Waals surface area (Å²) in [6, 6.07) is 19.0. The van der Waals surface area contributed by atoms with Crippen molar-refractivity contribution in [2.24, 2.45) is 0 Å². The number of aldehydes is 1. The third-order valence-corrected chi connectivity index (χ3v) is 6.08. The summed E-state index contributed by atoms with van der Waals surface area (Å²) in [5.74, 6) is -0.788. The number of benzene rings is 3. The van der Waals surface area contributed by atoms with Crippen molar-refractivity contribution < 1.29 is 19.1 Å². The van der Waals surface area contributed by atoms with Gasteiger partial charge in [0.2, 0.25) is 0 Å². The summed E-state index contributed by atoms with van der Waals surface area (Å²) in [7, 11) is 0. The predicted molar refractivity (Wildman–Crippen MR) is 158 cm³/mol. The zero-order valence-corrected chi connectivity index (χ0v) is 22.5. The third kappa shape index (κ3) is 7.08. The number of ether oxygens (including phenoxy) is 1. The second-order valence-electron chi connectivity index (χ2n) is 9.05. The molecule has 0 saturated carbocycles. The zero-order chi connectivity index (χ0) is 28.5. The van der Waals surface area contributed by atoms with Crippen molar-refractivity contribution in [3.63, 3.8) is 0 Å². The van der Waals surface area contributed by atoms with Gasteiger partial charge in [-0.25, -0.2) is 4.79 Å². The third-order valence-electron chi connectivity index (χ3n) is 6.08. The van der Waals surface area contributed by atoms with Crippen molar-refractivity contribution in [1.82, 2.24) is 0 Å². The molecule has 0 radical (unpaired) electrons. The predicted octanol–water partition coefficient (Wildman–Crippen LogP) is 7.46. The van der Waals surface area contributed by atoms with Gasteiger partial charge in [0.25, 0.3) is 0 Å². The van der Waals surface area contributed by atoms with Crippen LogP contribution in [0.1, 0.15) is 34.0 Å². The van der Waals surface area contributed by atoms with Gasteiger partial charge in [-0.1, -0.05) is 61.7 Å². The van der Waals surface area contributed by atoms with Gasteiger partial charge >= 0.3 is 5.97 Å².